The standard InChI is InChI=1S/C23H23ClN2O4S/c1-18-21(24)13-8-14-22(18)26(31(28,29)20-11-6-3-7-12-20)17-23(27)25-15-16-30-19-9-4-2-5-10-19/h2-14H,15-17H2,1H3,(H,25,27). The first-order valence-electron chi connectivity index (χ1n) is 9.67. The predicted octanol–water partition coefficient (Wildman–Crippen LogP) is 4.04. The summed E-state index contributed by atoms with van der Waals surface area (Å²) in [6, 6.07) is 22.2. The monoisotopic (exact) mass is 458 g/mol. The fraction of sp³-hybridized carbons (Fsp3) is 0.174. The van der Waals surface area contributed by atoms with Crippen LogP contribution in [-0.2, 0) is 14.8 Å². The van der Waals surface area contributed by atoms with Gasteiger partial charge in [0.25, 0.3) is 10.0 Å². The average molecular weight is 459 g/mol. The maximum atomic E-state index is 13.3. The summed E-state index contributed by atoms with van der Waals surface area (Å²) in [5.74, 6) is 0.245. The summed E-state index contributed by atoms with van der Waals surface area (Å²) >= 11 is 6.21. The Hall–Kier alpha value is -3.03. The van der Waals surface area contributed by atoms with Crippen molar-refractivity contribution in [3.8, 4) is 5.75 Å². The molecule has 0 atom stereocenters. The van der Waals surface area contributed by atoms with Gasteiger partial charge in [0.05, 0.1) is 17.1 Å². The zero-order valence-electron chi connectivity index (χ0n) is 17.0. The van der Waals surface area contributed by atoms with E-state index in [9.17, 15) is 13.2 Å². The minimum atomic E-state index is -3.98. The summed E-state index contributed by atoms with van der Waals surface area (Å²) in [7, 11) is -3.98. The SMILES string of the molecule is Cc1c(Cl)cccc1N(CC(=O)NCCOc1ccccc1)S(=O)(=O)c1ccccc1. The van der Waals surface area contributed by atoms with Gasteiger partial charge < -0.3 is 10.1 Å². The normalized spacial score (nSPS) is 11.0. The Morgan fingerprint density at radius 1 is 0.968 bits per heavy atom. The Balaban J connectivity index is 1.75. The molecule has 3 rings (SSSR count). The third kappa shape index (κ3) is 5.77. The van der Waals surface area contributed by atoms with Crippen LogP contribution in [0, 0.1) is 6.92 Å². The molecule has 3 aromatic rings. The highest BCUT2D eigenvalue weighted by molar-refractivity contribution is 7.92. The molecule has 0 aliphatic carbocycles. The van der Waals surface area contributed by atoms with Gasteiger partial charge in [-0.25, -0.2) is 8.42 Å². The highest BCUT2D eigenvalue weighted by Gasteiger charge is 2.28. The van der Waals surface area contributed by atoms with Crippen LogP contribution in [0.15, 0.2) is 83.8 Å². The van der Waals surface area contributed by atoms with E-state index in [0.717, 1.165) is 4.31 Å². The zero-order chi connectivity index (χ0) is 22.3. The van der Waals surface area contributed by atoms with Crippen LogP contribution in [0.1, 0.15) is 5.56 Å². The van der Waals surface area contributed by atoms with Gasteiger partial charge in [-0.15, -0.1) is 0 Å². The molecule has 0 saturated carbocycles. The number of sulfonamides is 1. The maximum absolute atomic E-state index is 13.3. The Labute approximate surface area is 187 Å². The summed E-state index contributed by atoms with van der Waals surface area (Å²) < 4.78 is 33.3. The van der Waals surface area contributed by atoms with Crippen LogP contribution < -0.4 is 14.4 Å². The Morgan fingerprint density at radius 2 is 1.61 bits per heavy atom. The lowest BCUT2D eigenvalue weighted by atomic mass is 10.2. The van der Waals surface area contributed by atoms with Gasteiger partial charge in [0.1, 0.15) is 18.9 Å². The molecule has 0 radical (unpaired) electrons. The van der Waals surface area contributed by atoms with Crippen LogP contribution in [-0.4, -0.2) is 34.0 Å². The average Bonchev–Trinajstić information content (AvgIpc) is 2.78. The van der Waals surface area contributed by atoms with Crippen molar-refractivity contribution in [1.29, 1.82) is 0 Å². The molecule has 0 heterocycles. The minimum Gasteiger partial charge on any atom is -0.492 e. The lowest BCUT2D eigenvalue weighted by Crippen LogP contribution is -2.42. The van der Waals surface area contributed by atoms with E-state index < -0.39 is 15.9 Å². The molecular weight excluding hydrogens is 436 g/mol. The van der Waals surface area contributed by atoms with E-state index in [4.69, 9.17) is 16.3 Å². The fourth-order valence-corrected chi connectivity index (χ4v) is 4.62. The van der Waals surface area contributed by atoms with Crippen molar-refractivity contribution < 1.29 is 17.9 Å². The molecule has 31 heavy (non-hydrogen) atoms. The second-order valence-electron chi connectivity index (χ2n) is 6.72. The van der Waals surface area contributed by atoms with Gasteiger partial charge in [0.15, 0.2) is 0 Å². The first kappa shape index (κ1) is 22.7. The van der Waals surface area contributed by atoms with E-state index in [1.165, 1.54) is 12.1 Å². The molecule has 0 aliphatic rings. The highest BCUT2D eigenvalue weighted by atomic mass is 35.5. The van der Waals surface area contributed by atoms with E-state index >= 15 is 0 Å². The van der Waals surface area contributed by atoms with E-state index in [2.05, 4.69) is 5.32 Å². The van der Waals surface area contributed by atoms with Gasteiger partial charge in [-0.2, -0.15) is 0 Å². The van der Waals surface area contributed by atoms with Gasteiger partial charge in [-0.1, -0.05) is 54.1 Å². The quantitative estimate of drug-likeness (QED) is 0.491. The van der Waals surface area contributed by atoms with Crippen LogP contribution in [0.25, 0.3) is 0 Å². The molecule has 3 aromatic carbocycles. The first-order chi connectivity index (χ1) is 14.9. The molecule has 0 bridgehead atoms. The number of carbonyl (C=O) groups excluding carboxylic acids is 1. The van der Waals surface area contributed by atoms with E-state index in [0.29, 0.717) is 22.0 Å². The van der Waals surface area contributed by atoms with Crippen LogP contribution >= 0.6 is 11.6 Å². The summed E-state index contributed by atoms with van der Waals surface area (Å²) in [5.41, 5.74) is 0.927. The second-order valence-corrected chi connectivity index (χ2v) is 8.99. The summed E-state index contributed by atoms with van der Waals surface area (Å²) in [6.07, 6.45) is 0. The number of amides is 1. The maximum Gasteiger partial charge on any atom is 0.264 e. The molecule has 1 N–H and O–H groups in total. The molecule has 8 heteroatoms. The zero-order valence-corrected chi connectivity index (χ0v) is 18.6. The first-order valence-corrected chi connectivity index (χ1v) is 11.5. The Kier molecular flexibility index (Phi) is 7.55. The highest BCUT2D eigenvalue weighted by Crippen LogP contribution is 2.30. The van der Waals surface area contributed by atoms with Crippen LogP contribution in [0.5, 0.6) is 5.75 Å². The molecule has 1 amide bonds. The van der Waals surface area contributed by atoms with Gasteiger partial charge in [0, 0.05) is 5.02 Å². The molecule has 0 saturated heterocycles. The number of hydrogen-bond acceptors (Lipinski definition) is 4. The van der Waals surface area contributed by atoms with Crippen molar-refractivity contribution in [3.05, 3.63) is 89.4 Å². The smallest absolute Gasteiger partial charge is 0.264 e. The van der Waals surface area contributed by atoms with Gasteiger partial charge in [-0.05, 0) is 48.9 Å². The molecule has 0 spiro atoms. The summed E-state index contributed by atoms with van der Waals surface area (Å²) in [4.78, 5) is 12.7. The van der Waals surface area contributed by atoms with Gasteiger partial charge in [-0.3, -0.25) is 9.10 Å². The number of nitrogens with one attached hydrogen (secondary N) is 1. The van der Waals surface area contributed by atoms with Crippen LogP contribution in [0.2, 0.25) is 5.02 Å². The molecule has 0 aromatic heterocycles. The number of ether oxygens (including phenoxy) is 1. The van der Waals surface area contributed by atoms with Crippen molar-refractivity contribution in [2.75, 3.05) is 24.0 Å². The van der Waals surface area contributed by atoms with E-state index in [1.807, 2.05) is 30.3 Å². The molecule has 162 valence electrons. The van der Waals surface area contributed by atoms with E-state index in [1.54, 1.807) is 43.3 Å². The van der Waals surface area contributed by atoms with E-state index in [-0.39, 0.29) is 24.6 Å². The topological polar surface area (TPSA) is 75.7 Å². The minimum absolute atomic E-state index is 0.0922. The van der Waals surface area contributed by atoms with Crippen molar-refractivity contribution in [3.63, 3.8) is 0 Å². The summed E-state index contributed by atoms with van der Waals surface area (Å²) in [6.45, 7) is 1.83. The fourth-order valence-electron chi connectivity index (χ4n) is 2.95. The number of anilines is 1. The number of benzene rings is 3. The lowest BCUT2D eigenvalue weighted by Gasteiger charge is -2.26. The third-order valence-electron chi connectivity index (χ3n) is 4.56. The lowest BCUT2D eigenvalue weighted by molar-refractivity contribution is -0.119. The Bertz CT molecular complexity index is 1120. The number of para-hydroxylation sites is 1. The van der Waals surface area contributed by atoms with Crippen molar-refractivity contribution in [2.24, 2.45) is 0 Å². The Morgan fingerprint density at radius 3 is 2.29 bits per heavy atom. The van der Waals surface area contributed by atoms with Crippen LogP contribution in [0.3, 0.4) is 0 Å². The number of rotatable bonds is 9. The molecule has 0 aliphatic heterocycles. The van der Waals surface area contributed by atoms with Crippen molar-refractivity contribution in [2.45, 2.75) is 11.8 Å². The van der Waals surface area contributed by atoms with Crippen LogP contribution in [0.4, 0.5) is 5.69 Å². The number of halogens is 1. The third-order valence-corrected chi connectivity index (χ3v) is 6.75. The second kappa shape index (κ2) is 10.3. The van der Waals surface area contributed by atoms with Gasteiger partial charge in [0.2, 0.25) is 5.91 Å². The largest absolute Gasteiger partial charge is 0.492 e. The van der Waals surface area contributed by atoms with Crippen molar-refractivity contribution >= 4 is 33.2 Å². The molecule has 0 unspecified atom stereocenters. The molecular formula is C23H23ClN2O4S. The number of hydrogen-bond donors (Lipinski definition) is 1. The predicted molar refractivity (Wildman–Crippen MR) is 122 cm³/mol. The van der Waals surface area contributed by atoms with Crippen molar-refractivity contribution in [1.82, 2.24) is 5.32 Å². The molecule has 0 fully saturated rings. The summed E-state index contributed by atoms with van der Waals surface area (Å²) in [5, 5.41) is 3.13. The number of carbonyl (C=O) groups is 1. The number of nitrogens with zero attached hydrogens (tertiary/aromatic N) is 1. The molecule has 6 nitrogen and oxygen atoms in total. The van der Waals surface area contributed by atoms with Gasteiger partial charge >= 0.3 is 0 Å².